The van der Waals surface area contributed by atoms with Crippen molar-refractivity contribution in [2.75, 3.05) is 18.1 Å². The molecule has 1 fully saturated rings. The van der Waals surface area contributed by atoms with E-state index >= 15 is 0 Å². The smallest absolute Gasteiger partial charge is 0.251 e. The van der Waals surface area contributed by atoms with E-state index in [2.05, 4.69) is 31.1 Å². The van der Waals surface area contributed by atoms with Crippen molar-refractivity contribution in [2.45, 2.75) is 44.2 Å². The van der Waals surface area contributed by atoms with E-state index in [1.165, 1.54) is 5.75 Å². The number of thioether (sulfide) groups is 2. The Morgan fingerprint density at radius 1 is 1.43 bits per heavy atom. The third kappa shape index (κ3) is 5.04. The maximum Gasteiger partial charge on any atom is 0.251 e. The lowest BCUT2D eigenvalue weighted by atomic mass is 10.2. The van der Waals surface area contributed by atoms with Crippen LogP contribution in [0.25, 0.3) is 0 Å². The molecule has 0 aliphatic carbocycles. The average Bonchev–Trinajstić information content (AvgIpc) is 2.46. The van der Waals surface area contributed by atoms with E-state index < -0.39 is 0 Å². The second-order valence-electron chi connectivity index (χ2n) is 5.76. The van der Waals surface area contributed by atoms with Crippen molar-refractivity contribution in [1.82, 2.24) is 15.3 Å². The van der Waals surface area contributed by atoms with Crippen molar-refractivity contribution < 1.29 is 0 Å². The number of rotatable bonds is 6. The van der Waals surface area contributed by atoms with Crippen LogP contribution in [0.3, 0.4) is 0 Å². The number of aromatic amines is 1. The number of hydrogen-bond donors (Lipinski definition) is 2. The molecular formula is C15H25N3OS2. The summed E-state index contributed by atoms with van der Waals surface area (Å²) in [6.45, 7) is 8.16. The van der Waals surface area contributed by atoms with Crippen LogP contribution < -0.4 is 10.9 Å². The van der Waals surface area contributed by atoms with Crippen molar-refractivity contribution >= 4 is 23.5 Å². The van der Waals surface area contributed by atoms with Gasteiger partial charge >= 0.3 is 0 Å². The monoisotopic (exact) mass is 327 g/mol. The summed E-state index contributed by atoms with van der Waals surface area (Å²) in [6, 6.07) is 1.61. The Hall–Kier alpha value is -0.460. The van der Waals surface area contributed by atoms with E-state index in [0.717, 1.165) is 30.2 Å². The molecular weight excluding hydrogens is 302 g/mol. The van der Waals surface area contributed by atoms with Gasteiger partial charge < -0.3 is 10.3 Å². The van der Waals surface area contributed by atoms with Gasteiger partial charge in [0, 0.05) is 29.4 Å². The molecule has 0 radical (unpaired) electrons. The number of aromatic nitrogens is 2. The molecule has 2 N–H and O–H groups in total. The van der Waals surface area contributed by atoms with Gasteiger partial charge in [0.1, 0.15) is 5.82 Å². The Labute approximate surface area is 135 Å². The summed E-state index contributed by atoms with van der Waals surface area (Å²) in [7, 11) is 0. The molecule has 4 nitrogen and oxygen atoms in total. The van der Waals surface area contributed by atoms with Gasteiger partial charge in [-0.1, -0.05) is 20.8 Å². The molecule has 2 rings (SSSR count). The van der Waals surface area contributed by atoms with Gasteiger partial charge in [0.2, 0.25) is 0 Å². The standard InChI is InChI=1S/C15H25N3OS2/c1-4-12-14(21-6-5-20-12)15-17-11(7-13(19)18-15)9-16-8-10(2)3/h7,10,12,14,16H,4-6,8-9H2,1-3H3,(H,17,18,19). The summed E-state index contributed by atoms with van der Waals surface area (Å²) in [6.07, 6.45) is 1.11. The molecule has 1 saturated heterocycles. The lowest BCUT2D eigenvalue weighted by molar-refractivity contribution is 0.546. The maximum atomic E-state index is 11.9. The topological polar surface area (TPSA) is 57.8 Å². The average molecular weight is 328 g/mol. The Morgan fingerprint density at radius 2 is 2.19 bits per heavy atom. The van der Waals surface area contributed by atoms with Gasteiger partial charge in [-0.2, -0.15) is 11.8 Å². The molecule has 2 atom stereocenters. The molecule has 1 aromatic heterocycles. The van der Waals surface area contributed by atoms with Gasteiger partial charge in [0.25, 0.3) is 5.56 Å². The van der Waals surface area contributed by atoms with Gasteiger partial charge in [-0.25, -0.2) is 4.98 Å². The van der Waals surface area contributed by atoms with Gasteiger partial charge in [-0.05, 0) is 18.9 Å². The maximum absolute atomic E-state index is 11.9. The molecule has 2 heterocycles. The SMILES string of the molecule is CCC1SCCSC1c1nc(CNCC(C)C)cc(=O)[nH]1. The van der Waals surface area contributed by atoms with E-state index in [9.17, 15) is 4.79 Å². The van der Waals surface area contributed by atoms with E-state index in [1.54, 1.807) is 6.07 Å². The Balaban J connectivity index is 2.12. The number of H-pyrrole nitrogens is 1. The van der Waals surface area contributed by atoms with Crippen LogP contribution in [0, 0.1) is 5.92 Å². The molecule has 1 aliphatic rings. The van der Waals surface area contributed by atoms with Gasteiger partial charge in [-0.3, -0.25) is 4.79 Å². The molecule has 6 heteroatoms. The molecule has 0 aromatic carbocycles. The third-order valence-corrected chi connectivity index (χ3v) is 6.65. The fraction of sp³-hybridized carbons (Fsp3) is 0.733. The minimum atomic E-state index is -0.0348. The number of hydrogen-bond acceptors (Lipinski definition) is 5. The zero-order valence-electron chi connectivity index (χ0n) is 13.0. The second kappa shape index (κ2) is 8.25. The zero-order valence-corrected chi connectivity index (χ0v) is 14.6. The molecule has 0 spiro atoms. The summed E-state index contributed by atoms with van der Waals surface area (Å²) in [5.74, 6) is 3.78. The second-order valence-corrected chi connectivity index (χ2v) is 8.35. The first-order chi connectivity index (χ1) is 10.1. The first-order valence-corrected chi connectivity index (χ1v) is 9.74. The number of nitrogens with one attached hydrogen (secondary N) is 2. The molecule has 2 unspecified atom stereocenters. The quantitative estimate of drug-likeness (QED) is 0.841. The van der Waals surface area contributed by atoms with Crippen molar-refractivity contribution in [3.05, 3.63) is 27.9 Å². The minimum absolute atomic E-state index is 0.0348. The minimum Gasteiger partial charge on any atom is -0.311 e. The van der Waals surface area contributed by atoms with Crippen LogP contribution >= 0.6 is 23.5 Å². The predicted molar refractivity (Wildman–Crippen MR) is 93.1 cm³/mol. The van der Waals surface area contributed by atoms with Crippen LogP contribution in [-0.4, -0.2) is 33.3 Å². The highest BCUT2D eigenvalue weighted by atomic mass is 32.2. The molecule has 118 valence electrons. The number of nitrogens with zero attached hydrogens (tertiary/aromatic N) is 1. The summed E-state index contributed by atoms with van der Waals surface area (Å²) >= 11 is 3.92. The van der Waals surface area contributed by atoms with Crippen LogP contribution in [0.15, 0.2) is 10.9 Å². The lowest BCUT2D eigenvalue weighted by Gasteiger charge is -2.29. The van der Waals surface area contributed by atoms with E-state index in [1.807, 2.05) is 23.5 Å². The third-order valence-electron chi connectivity index (χ3n) is 3.39. The zero-order chi connectivity index (χ0) is 15.2. The van der Waals surface area contributed by atoms with Gasteiger partial charge in [-0.15, -0.1) is 11.8 Å². The van der Waals surface area contributed by atoms with E-state index in [-0.39, 0.29) is 5.56 Å². The highest BCUT2D eigenvalue weighted by Crippen LogP contribution is 2.42. The van der Waals surface area contributed by atoms with E-state index in [4.69, 9.17) is 4.98 Å². The highest BCUT2D eigenvalue weighted by Gasteiger charge is 2.28. The largest absolute Gasteiger partial charge is 0.311 e. The van der Waals surface area contributed by atoms with Gasteiger partial charge in [0.05, 0.1) is 10.9 Å². The lowest BCUT2D eigenvalue weighted by Crippen LogP contribution is -2.26. The van der Waals surface area contributed by atoms with Crippen molar-refractivity contribution in [1.29, 1.82) is 0 Å². The van der Waals surface area contributed by atoms with Crippen LogP contribution in [0.5, 0.6) is 0 Å². The summed E-state index contributed by atoms with van der Waals surface area (Å²) in [4.78, 5) is 19.6. The van der Waals surface area contributed by atoms with Crippen LogP contribution in [-0.2, 0) is 6.54 Å². The predicted octanol–water partition coefficient (Wildman–Crippen LogP) is 2.82. The Bertz CT molecular complexity index is 504. The van der Waals surface area contributed by atoms with Crippen LogP contribution in [0.1, 0.15) is 44.0 Å². The first kappa shape index (κ1) is 16.9. The first-order valence-electron chi connectivity index (χ1n) is 7.64. The molecule has 1 aromatic rings. The Morgan fingerprint density at radius 3 is 2.90 bits per heavy atom. The fourth-order valence-electron chi connectivity index (χ4n) is 2.40. The Kier molecular flexibility index (Phi) is 6.64. The van der Waals surface area contributed by atoms with Gasteiger partial charge in [0.15, 0.2) is 0 Å². The molecule has 0 bridgehead atoms. The molecule has 1 aliphatic heterocycles. The van der Waals surface area contributed by atoms with E-state index in [0.29, 0.717) is 23.0 Å². The molecule has 21 heavy (non-hydrogen) atoms. The fourth-order valence-corrected chi connectivity index (χ4v) is 5.41. The normalized spacial score (nSPS) is 22.7. The van der Waals surface area contributed by atoms with Crippen molar-refractivity contribution in [3.63, 3.8) is 0 Å². The molecule has 0 saturated carbocycles. The van der Waals surface area contributed by atoms with Crippen molar-refractivity contribution in [2.24, 2.45) is 5.92 Å². The summed E-state index contributed by atoms with van der Waals surface area (Å²) < 4.78 is 0. The highest BCUT2D eigenvalue weighted by molar-refractivity contribution is 8.06. The van der Waals surface area contributed by atoms with Crippen LogP contribution in [0.2, 0.25) is 0 Å². The summed E-state index contributed by atoms with van der Waals surface area (Å²) in [5.41, 5.74) is 0.813. The van der Waals surface area contributed by atoms with Crippen LogP contribution in [0.4, 0.5) is 0 Å². The van der Waals surface area contributed by atoms with Crippen molar-refractivity contribution in [3.8, 4) is 0 Å². The molecule has 0 amide bonds. The summed E-state index contributed by atoms with van der Waals surface area (Å²) in [5, 5.41) is 4.21.